The second kappa shape index (κ2) is 7.51. The minimum atomic E-state index is -0.533. The number of benzene rings is 2. The van der Waals surface area contributed by atoms with Crippen LogP contribution in [0.4, 0.5) is 5.69 Å². The summed E-state index contributed by atoms with van der Waals surface area (Å²) in [7, 11) is 0. The van der Waals surface area contributed by atoms with Gasteiger partial charge in [0.25, 0.3) is 0 Å². The monoisotopic (exact) mass is 441 g/mol. The Morgan fingerprint density at radius 1 is 1.04 bits per heavy atom. The van der Waals surface area contributed by atoms with Gasteiger partial charge in [0.1, 0.15) is 5.75 Å². The third kappa shape index (κ3) is 3.49. The highest BCUT2D eigenvalue weighted by atomic mass is 79.9. The molecule has 1 aliphatic carbocycles. The average Bonchev–Trinajstić information content (AvgIpc) is 2.93. The van der Waals surface area contributed by atoms with Crippen LogP contribution in [-0.4, -0.2) is 17.8 Å². The maximum absolute atomic E-state index is 12.9. The third-order valence-corrected chi connectivity index (χ3v) is 6.08. The molecular formula is C22H20BrNO4. The summed E-state index contributed by atoms with van der Waals surface area (Å²) in [5, 5.41) is 0. The first-order valence-electron chi connectivity index (χ1n) is 9.39. The van der Waals surface area contributed by atoms with Gasteiger partial charge in [0.2, 0.25) is 11.8 Å². The number of hydrogen-bond donors (Lipinski definition) is 0. The summed E-state index contributed by atoms with van der Waals surface area (Å²) in [6.45, 7) is 2.12. The summed E-state index contributed by atoms with van der Waals surface area (Å²) in [6, 6.07) is 13.5. The molecule has 0 bridgehead atoms. The Kier molecular flexibility index (Phi) is 5.06. The van der Waals surface area contributed by atoms with Crippen molar-refractivity contribution in [3.05, 3.63) is 58.6 Å². The Morgan fingerprint density at radius 2 is 1.75 bits per heavy atom. The third-order valence-electron chi connectivity index (χ3n) is 5.55. The Bertz CT molecular complexity index is 940. The predicted molar refractivity (Wildman–Crippen MR) is 108 cm³/mol. The Labute approximate surface area is 171 Å². The van der Waals surface area contributed by atoms with Gasteiger partial charge in [0.15, 0.2) is 0 Å². The topological polar surface area (TPSA) is 63.7 Å². The fraction of sp³-hybridized carbons (Fsp3) is 0.318. The Hall–Kier alpha value is -2.47. The molecule has 0 radical (unpaired) electrons. The molecule has 3 atom stereocenters. The number of imide groups is 1. The van der Waals surface area contributed by atoms with Crippen LogP contribution in [0.3, 0.4) is 0 Å². The fourth-order valence-electron chi connectivity index (χ4n) is 4.08. The van der Waals surface area contributed by atoms with Crippen LogP contribution < -0.4 is 9.64 Å². The summed E-state index contributed by atoms with van der Waals surface area (Å²) >= 11 is 3.33. The molecule has 0 unspecified atom stereocenters. The number of esters is 1. The van der Waals surface area contributed by atoms with Gasteiger partial charge in [-0.1, -0.05) is 28.9 Å². The van der Waals surface area contributed by atoms with E-state index in [-0.39, 0.29) is 23.7 Å². The number of fused-ring (bicyclic) bond motifs is 1. The summed E-state index contributed by atoms with van der Waals surface area (Å²) in [5.74, 6) is -0.441. The van der Waals surface area contributed by atoms with Crippen molar-refractivity contribution in [1.82, 2.24) is 0 Å². The number of ether oxygens (including phenoxy) is 1. The van der Waals surface area contributed by atoms with Crippen molar-refractivity contribution in [3.63, 3.8) is 0 Å². The van der Waals surface area contributed by atoms with Gasteiger partial charge >= 0.3 is 5.97 Å². The van der Waals surface area contributed by atoms with Crippen molar-refractivity contribution >= 4 is 39.4 Å². The summed E-state index contributed by atoms with van der Waals surface area (Å²) in [4.78, 5) is 39.5. The van der Waals surface area contributed by atoms with Gasteiger partial charge < -0.3 is 4.74 Å². The number of amides is 2. The highest BCUT2D eigenvalue weighted by Crippen LogP contribution is 2.42. The largest absolute Gasteiger partial charge is 0.423 e. The maximum atomic E-state index is 12.9. The lowest BCUT2D eigenvalue weighted by Gasteiger charge is -2.25. The minimum absolute atomic E-state index is 0.152. The van der Waals surface area contributed by atoms with Crippen LogP contribution in [-0.2, 0) is 9.59 Å². The van der Waals surface area contributed by atoms with Gasteiger partial charge in [-0.15, -0.1) is 0 Å². The Balaban J connectivity index is 1.56. The van der Waals surface area contributed by atoms with Gasteiger partial charge in [0, 0.05) is 4.47 Å². The standard InChI is InChI=1S/C22H20BrNO4/c1-13-5-10-18-19(11-13)21(26)24(20(18)25)16-4-2-3-14(12-16)22(27)28-17-8-6-15(23)7-9-17/h2-4,6-9,12-13,18-19H,5,10-11H2,1H3/t13-,18-,19+/m1/s1. The molecule has 2 amide bonds. The molecule has 2 aromatic rings. The first kappa shape index (κ1) is 18.9. The molecule has 0 N–H and O–H groups in total. The molecule has 4 rings (SSSR count). The summed E-state index contributed by atoms with van der Waals surface area (Å²) in [6.07, 6.45) is 2.46. The number of rotatable bonds is 3. The van der Waals surface area contributed by atoms with Crippen molar-refractivity contribution in [2.75, 3.05) is 4.90 Å². The van der Waals surface area contributed by atoms with Crippen LogP contribution in [0.25, 0.3) is 0 Å². The van der Waals surface area contributed by atoms with E-state index in [9.17, 15) is 14.4 Å². The molecule has 0 aromatic heterocycles. The lowest BCUT2D eigenvalue weighted by Crippen LogP contribution is -2.31. The lowest BCUT2D eigenvalue weighted by molar-refractivity contribution is -0.122. The van der Waals surface area contributed by atoms with Gasteiger partial charge in [-0.25, -0.2) is 4.79 Å². The zero-order chi connectivity index (χ0) is 19.8. The molecule has 2 aliphatic rings. The molecule has 144 valence electrons. The molecule has 1 saturated carbocycles. The fourth-order valence-corrected chi connectivity index (χ4v) is 4.35. The van der Waals surface area contributed by atoms with E-state index < -0.39 is 5.97 Å². The van der Waals surface area contributed by atoms with Gasteiger partial charge in [0.05, 0.1) is 23.1 Å². The lowest BCUT2D eigenvalue weighted by atomic mass is 9.76. The molecule has 0 spiro atoms. The number of halogens is 1. The van der Waals surface area contributed by atoms with Crippen molar-refractivity contribution in [2.24, 2.45) is 17.8 Å². The first-order valence-corrected chi connectivity index (χ1v) is 10.2. The second-order valence-corrected chi connectivity index (χ2v) is 8.45. The zero-order valence-corrected chi connectivity index (χ0v) is 17.0. The predicted octanol–water partition coefficient (Wildman–Crippen LogP) is 4.59. The van der Waals surface area contributed by atoms with Gasteiger partial charge in [-0.2, -0.15) is 0 Å². The van der Waals surface area contributed by atoms with E-state index in [4.69, 9.17) is 4.74 Å². The second-order valence-electron chi connectivity index (χ2n) is 7.54. The number of carbonyl (C=O) groups excluding carboxylic acids is 3. The SMILES string of the molecule is C[C@@H]1CC[C@H]2C(=O)N(c3cccc(C(=O)Oc4ccc(Br)cc4)c3)C(=O)[C@H]2C1. The van der Waals surface area contributed by atoms with Gasteiger partial charge in [-0.05, 0) is 67.6 Å². The Morgan fingerprint density at radius 3 is 2.50 bits per heavy atom. The van der Waals surface area contributed by atoms with E-state index in [2.05, 4.69) is 22.9 Å². The highest BCUT2D eigenvalue weighted by molar-refractivity contribution is 9.10. The molecular weight excluding hydrogens is 422 g/mol. The molecule has 1 heterocycles. The van der Waals surface area contributed by atoms with Crippen molar-refractivity contribution < 1.29 is 19.1 Å². The van der Waals surface area contributed by atoms with Crippen LogP contribution in [0.1, 0.15) is 36.5 Å². The van der Waals surface area contributed by atoms with Crippen LogP contribution >= 0.6 is 15.9 Å². The number of nitrogens with zero attached hydrogens (tertiary/aromatic N) is 1. The van der Waals surface area contributed by atoms with E-state index in [0.29, 0.717) is 22.9 Å². The number of hydrogen-bond acceptors (Lipinski definition) is 4. The van der Waals surface area contributed by atoms with Crippen molar-refractivity contribution in [3.8, 4) is 5.75 Å². The van der Waals surface area contributed by atoms with E-state index in [1.807, 2.05) is 0 Å². The molecule has 2 fully saturated rings. The quantitative estimate of drug-likeness (QED) is 0.396. The molecule has 1 saturated heterocycles. The van der Waals surface area contributed by atoms with Gasteiger partial charge in [-0.3, -0.25) is 14.5 Å². The van der Waals surface area contributed by atoms with E-state index in [1.54, 1.807) is 48.5 Å². The molecule has 28 heavy (non-hydrogen) atoms. The smallest absolute Gasteiger partial charge is 0.343 e. The van der Waals surface area contributed by atoms with E-state index in [0.717, 1.165) is 23.7 Å². The normalized spacial score (nSPS) is 24.2. The van der Waals surface area contributed by atoms with Crippen LogP contribution in [0.5, 0.6) is 5.75 Å². The summed E-state index contributed by atoms with van der Waals surface area (Å²) in [5.41, 5.74) is 0.728. The number of anilines is 1. The van der Waals surface area contributed by atoms with E-state index in [1.165, 1.54) is 4.90 Å². The molecule has 5 nitrogen and oxygen atoms in total. The minimum Gasteiger partial charge on any atom is -0.423 e. The van der Waals surface area contributed by atoms with E-state index >= 15 is 0 Å². The maximum Gasteiger partial charge on any atom is 0.343 e. The van der Waals surface area contributed by atoms with Crippen LogP contribution in [0, 0.1) is 17.8 Å². The highest BCUT2D eigenvalue weighted by Gasteiger charge is 2.50. The number of carbonyl (C=O) groups is 3. The summed E-state index contributed by atoms with van der Waals surface area (Å²) < 4.78 is 6.27. The molecule has 1 aliphatic heterocycles. The molecule has 6 heteroatoms. The molecule has 2 aromatic carbocycles. The van der Waals surface area contributed by atoms with Crippen LogP contribution in [0.15, 0.2) is 53.0 Å². The van der Waals surface area contributed by atoms with Crippen LogP contribution in [0.2, 0.25) is 0 Å². The average molecular weight is 442 g/mol. The van der Waals surface area contributed by atoms with Crippen molar-refractivity contribution in [1.29, 1.82) is 0 Å². The first-order chi connectivity index (χ1) is 13.4. The zero-order valence-electron chi connectivity index (χ0n) is 15.4. The van der Waals surface area contributed by atoms with Crippen molar-refractivity contribution in [2.45, 2.75) is 26.2 Å².